The molecule has 3 aromatic carbocycles. The lowest BCUT2D eigenvalue weighted by Gasteiger charge is -2.07. The summed E-state index contributed by atoms with van der Waals surface area (Å²) in [6.45, 7) is 0.429. The highest BCUT2D eigenvalue weighted by Gasteiger charge is 2.08. The van der Waals surface area contributed by atoms with Crippen LogP contribution in [0, 0.1) is 0 Å². The maximum Gasteiger partial charge on any atom is 0.255 e. The number of rotatable bonds is 7. The molecule has 0 fully saturated rings. The number of hydrogen-bond donors (Lipinski definition) is 2. The zero-order valence-corrected chi connectivity index (χ0v) is 15.9. The lowest BCUT2D eigenvalue weighted by molar-refractivity contribution is 0.0951. The lowest BCUT2D eigenvalue weighted by Crippen LogP contribution is -2.22. The molecule has 0 aliphatic carbocycles. The normalized spacial score (nSPS) is 11.3. The van der Waals surface area contributed by atoms with E-state index in [-0.39, 0.29) is 5.91 Å². The van der Waals surface area contributed by atoms with Gasteiger partial charge in [-0.05, 0) is 41.5 Å². The van der Waals surface area contributed by atoms with E-state index in [1.165, 1.54) is 6.08 Å². The van der Waals surface area contributed by atoms with Crippen LogP contribution < -0.4 is 10.0 Å². The van der Waals surface area contributed by atoms with Crippen LogP contribution in [-0.2, 0) is 16.6 Å². The second-order valence-corrected chi connectivity index (χ2v) is 7.67. The fourth-order valence-corrected chi connectivity index (χ4v) is 3.37. The molecule has 5 nitrogen and oxygen atoms in total. The minimum atomic E-state index is -3.64. The zero-order valence-electron chi connectivity index (χ0n) is 15.1. The molecule has 0 aliphatic rings. The standard InChI is InChI=1S/C22H20N2O3S/c25-22(23-17-19-9-5-2-6-10-19)20-11-13-21(14-12-20)24-28(26,27)16-15-18-7-3-1-4-8-18/h1-16,24H,17H2,(H,23,25)/b16-15-. The van der Waals surface area contributed by atoms with Gasteiger partial charge in [0.05, 0.1) is 5.41 Å². The van der Waals surface area contributed by atoms with Crippen molar-refractivity contribution >= 4 is 27.7 Å². The first-order valence-corrected chi connectivity index (χ1v) is 10.2. The van der Waals surface area contributed by atoms with E-state index in [0.29, 0.717) is 17.8 Å². The van der Waals surface area contributed by atoms with Gasteiger partial charge in [-0.15, -0.1) is 0 Å². The lowest BCUT2D eigenvalue weighted by atomic mass is 10.2. The van der Waals surface area contributed by atoms with Crippen molar-refractivity contribution in [2.75, 3.05) is 4.72 Å². The van der Waals surface area contributed by atoms with Crippen molar-refractivity contribution in [3.05, 3.63) is 107 Å². The van der Waals surface area contributed by atoms with Crippen LogP contribution in [0.2, 0.25) is 0 Å². The molecule has 0 spiro atoms. The summed E-state index contributed by atoms with van der Waals surface area (Å²) >= 11 is 0. The molecule has 0 heterocycles. The third-order valence-corrected chi connectivity index (χ3v) is 4.96. The van der Waals surface area contributed by atoms with Crippen molar-refractivity contribution in [1.82, 2.24) is 5.32 Å². The van der Waals surface area contributed by atoms with Crippen LogP contribution in [0.25, 0.3) is 6.08 Å². The third kappa shape index (κ3) is 5.82. The zero-order chi connectivity index (χ0) is 19.8. The summed E-state index contributed by atoms with van der Waals surface area (Å²) in [5.41, 5.74) is 2.64. The first kappa shape index (κ1) is 19.4. The Kier molecular flexibility index (Phi) is 6.24. The molecule has 142 valence electrons. The summed E-state index contributed by atoms with van der Waals surface area (Å²) < 4.78 is 26.8. The Morgan fingerprint density at radius 1 is 0.821 bits per heavy atom. The van der Waals surface area contributed by atoms with Gasteiger partial charge in [0.15, 0.2) is 0 Å². The quantitative estimate of drug-likeness (QED) is 0.637. The Balaban J connectivity index is 1.59. The summed E-state index contributed by atoms with van der Waals surface area (Å²) in [4.78, 5) is 12.2. The van der Waals surface area contributed by atoms with Gasteiger partial charge in [0.25, 0.3) is 15.9 Å². The number of amides is 1. The molecule has 0 radical (unpaired) electrons. The third-order valence-electron chi connectivity index (χ3n) is 3.94. The van der Waals surface area contributed by atoms with Crippen molar-refractivity contribution in [3.63, 3.8) is 0 Å². The minimum Gasteiger partial charge on any atom is -0.348 e. The van der Waals surface area contributed by atoms with Gasteiger partial charge in [-0.1, -0.05) is 60.7 Å². The van der Waals surface area contributed by atoms with Crippen molar-refractivity contribution in [1.29, 1.82) is 0 Å². The number of carbonyl (C=O) groups is 1. The molecular formula is C22H20N2O3S. The molecule has 0 saturated heterocycles. The second kappa shape index (κ2) is 9.01. The van der Waals surface area contributed by atoms with Crippen LogP contribution in [0.5, 0.6) is 0 Å². The van der Waals surface area contributed by atoms with Crippen molar-refractivity contribution in [2.45, 2.75) is 6.54 Å². The number of nitrogens with one attached hydrogen (secondary N) is 2. The largest absolute Gasteiger partial charge is 0.348 e. The van der Waals surface area contributed by atoms with Crippen LogP contribution >= 0.6 is 0 Å². The first-order chi connectivity index (χ1) is 13.5. The van der Waals surface area contributed by atoms with E-state index in [9.17, 15) is 13.2 Å². The van der Waals surface area contributed by atoms with E-state index < -0.39 is 10.0 Å². The number of hydrogen-bond acceptors (Lipinski definition) is 3. The SMILES string of the molecule is O=C(NCc1ccccc1)c1ccc(NS(=O)(=O)/C=C\c2ccccc2)cc1. The summed E-state index contributed by atoms with van der Waals surface area (Å²) in [5, 5.41) is 3.95. The predicted molar refractivity (Wildman–Crippen MR) is 112 cm³/mol. The Labute approximate surface area is 164 Å². The highest BCUT2D eigenvalue weighted by Crippen LogP contribution is 2.13. The molecule has 0 aliphatic heterocycles. The van der Waals surface area contributed by atoms with Gasteiger partial charge in [0, 0.05) is 17.8 Å². The summed E-state index contributed by atoms with van der Waals surface area (Å²) in [5.74, 6) is -0.220. The van der Waals surface area contributed by atoms with Gasteiger partial charge in [-0.2, -0.15) is 0 Å². The summed E-state index contributed by atoms with van der Waals surface area (Å²) in [7, 11) is -3.64. The van der Waals surface area contributed by atoms with Crippen LogP contribution in [-0.4, -0.2) is 14.3 Å². The number of carbonyl (C=O) groups excluding carboxylic acids is 1. The van der Waals surface area contributed by atoms with Crippen LogP contribution in [0.15, 0.2) is 90.3 Å². The molecule has 3 rings (SSSR count). The van der Waals surface area contributed by atoms with Gasteiger partial charge in [0.2, 0.25) is 0 Å². The number of sulfonamides is 1. The minimum absolute atomic E-state index is 0.220. The van der Waals surface area contributed by atoms with E-state index in [1.807, 2.05) is 60.7 Å². The van der Waals surface area contributed by atoms with Gasteiger partial charge in [-0.25, -0.2) is 8.42 Å². The number of benzene rings is 3. The Morgan fingerprint density at radius 2 is 1.43 bits per heavy atom. The molecular weight excluding hydrogens is 372 g/mol. The van der Waals surface area contributed by atoms with Gasteiger partial charge >= 0.3 is 0 Å². The van der Waals surface area contributed by atoms with E-state index in [2.05, 4.69) is 10.0 Å². The monoisotopic (exact) mass is 392 g/mol. The molecule has 2 N–H and O–H groups in total. The Morgan fingerprint density at radius 3 is 2.07 bits per heavy atom. The van der Waals surface area contributed by atoms with Crippen molar-refractivity contribution in [2.24, 2.45) is 0 Å². The van der Waals surface area contributed by atoms with Crippen LogP contribution in [0.3, 0.4) is 0 Å². The summed E-state index contributed by atoms with van der Waals surface area (Å²) in [6, 6.07) is 25.1. The second-order valence-electron chi connectivity index (χ2n) is 6.11. The van der Waals surface area contributed by atoms with E-state index in [1.54, 1.807) is 24.3 Å². The molecule has 28 heavy (non-hydrogen) atoms. The highest BCUT2D eigenvalue weighted by molar-refractivity contribution is 7.95. The maximum atomic E-state index is 12.2. The van der Waals surface area contributed by atoms with Crippen molar-refractivity contribution in [3.8, 4) is 0 Å². The van der Waals surface area contributed by atoms with Gasteiger partial charge < -0.3 is 5.32 Å². The Bertz CT molecular complexity index is 1050. The fraction of sp³-hybridized carbons (Fsp3) is 0.0455. The predicted octanol–water partition coefficient (Wildman–Crippen LogP) is 4.03. The fourth-order valence-electron chi connectivity index (χ4n) is 2.50. The maximum absolute atomic E-state index is 12.2. The number of anilines is 1. The topological polar surface area (TPSA) is 75.3 Å². The van der Waals surface area contributed by atoms with Gasteiger partial charge in [-0.3, -0.25) is 9.52 Å². The average molecular weight is 392 g/mol. The van der Waals surface area contributed by atoms with E-state index in [0.717, 1.165) is 16.5 Å². The molecule has 0 unspecified atom stereocenters. The molecule has 0 aromatic heterocycles. The van der Waals surface area contributed by atoms with Crippen LogP contribution in [0.4, 0.5) is 5.69 Å². The molecule has 0 saturated carbocycles. The summed E-state index contributed by atoms with van der Waals surface area (Å²) in [6.07, 6.45) is 1.52. The highest BCUT2D eigenvalue weighted by atomic mass is 32.2. The first-order valence-electron chi connectivity index (χ1n) is 8.70. The average Bonchev–Trinajstić information content (AvgIpc) is 2.72. The van der Waals surface area contributed by atoms with Crippen LogP contribution in [0.1, 0.15) is 21.5 Å². The molecule has 1 amide bonds. The van der Waals surface area contributed by atoms with E-state index in [4.69, 9.17) is 0 Å². The Hall–Kier alpha value is -3.38. The molecule has 0 bridgehead atoms. The smallest absolute Gasteiger partial charge is 0.255 e. The van der Waals surface area contributed by atoms with Crippen molar-refractivity contribution < 1.29 is 13.2 Å². The van der Waals surface area contributed by atoms with Gasteiger partial charge in [0.1, 0.15) is 0 Å². The molecule has 0 atom stereocenters. The molecule has 3 aromatic rings. The molecule has 6 heteroatoms. The van der Waals surface area contributed by atoms with E-state index >= 15 is 0 Å².